The van der Waals surface area contributed by atoms with Crippen molar-refractivity contribution in [2.75, 3.05) is 18.2 Å². The fourth-order valence-electron chi connectivity index (χ4n) is 2.51. The van der Waals surface area contributed by atoms with E-state index < -0.39 is 35.1 Å². The third kappa shape index (κ3) is 5.69. The van der Waals surface area contributed by atoms with Crippen LogP contribution in [0.1, 0.15) is 11.1 Å². The van der Waals surface area contributed by atoms with Gasteiger partial charge in [-0.05, 0) is 52.9 Å². The van der Waals surface area contributed by atoms with Crippen LogP contribution in [0, 0.1) is 0 Å². The molecule has 0 aliphatic heterocycles. The molecule has 0 spiro atoms. The molecular weight excluding hydrogens is 464 g/mol. The molecule has 0 bridgehead atoms. The van der Waals surface area contributed by atoms with E-state index in [1.165, 1.54) is 11.8 Å². The highest BCUT2D eigenvalue weighted by atomic mass is 32.2. The van der Waals surface area contributed by atoms with E-state index in [2.05, 4.69) is 15.5 Å². The van der Waals surface area contributed by atoms with Crippen molar-refractivity contribution >= 4 is 23.4 Å². The van der Waals surface area contributed by atoms with Crippen LogP contribution in [0.4, 0.5) is 32.0 Å². The second kappa shape index (κ2) is 9.06. The van der Waals surface area contributed by atoms with Crippen LogP contribution in [0.25, 0.3) is 5.69 Å². The van der Waals surface area contributed by atoms with Crippen molar-refractivity contribution < 1.29 is 35.9 Å². The zero-order valence-electron chi connectivity index (χ0n) is 16.0. The van der Waals surface area contributed by atoms with E-state index in [9.17, 15) is 31.1 Å². The SMILES string of the molecule is COc1ccc(-n2nnnc2SCC(=O)Nc2cc(C(F)(F)F)cc(C(F)(F)F)c2)cc1. The van der Waals surface area contributed by atoms with Gasteiger partial charge in [-0.15, -0.1) is 5.10 Å². The molecule has 2 aromatic carbocycles. The van der Waals surface area contributed by atoms with Gasteiger partial charge in [-0.1, -0.05) is 11.8 Å². The van der Waals surface area contributed by atoms with Gasteiger partial charge in [-0.3, -0.25) is 4.79 Å². The van der Waals surface area contributed by atoms with Gasteiger partial charge in [0.25, 0.3) is 0 Å². The van der Waals surface area contributed by atoms with Crippen LogP contribution < -0.4 is 10.1 Å². The number of benzene rings is 2. The summed E-state index contributed by atoms with van der Waals surface area (Å²) in [6.45, 7) is 0. The lowest BCUT2D eigenvalue weighted by Gasteiger charge is -2.14. The molecule has 0 saturated heterocycles. The van der Waals surface area contributed by atoms with E-state index in [0.717, 1.165) is 11.8 Å². The predicted octanol–water partition coefficient (Wildman–Crippen LogP) is 4.44. The maximum atomic E-state index is 12.9. The third-order valence-electron chi connectivity index (χ3n) is 3.96. The van der Waals surface area contributed by atoms with Crippen molar-refractivity contribution in [2.45, 2.75) is 17.5 Å². The molecule has 7 nitrogen and oxygen atoms in total. The predicted molar refractivity (Wildman–Crippen MR) is 102 cm³/mol. The Balaban J connectivity index is 1.73. The van der Waals surface area contributed by atoms with E-state index in [-0.39, 0.29) is 17.0 Å². The molecule has 3 aromatic rings. The molecule has 3 rings (SSSR count). The lowest BCUT2D eigenvalue weighted by atomic mass is 10.1. The molecule has 0 unspecified atom stereocenters. The standard InChI is InChI=1S/C18H13F6N5O2S/c1-31-14-4-2-13(3-5-14)29-16(26-27-28-29)32-9-15(30)25-12-7-10(17(19,20)21)6-11(8-12)18(22,23)24/h2-8H,9H2,1H3,(H,25,30). The molecule has 14 heteroatoms. The summed E-state index contributed by atoms with van der Waals surface area (Å²) in [7, 11) is 1.49. The number of halogens is 6. The van der Waals surface area contributed by atoms with E-state index >= 15 is 0 Å². The highest BCUT2D eigenvalue weighted by Gasteiger charge is 2.37. The lowest BCUT2D eigenvalue weighted by molar-refractivity contribution is -0.143. The molecule has 0 saturated carbocycles. The molecule has 1 N–H and O–H groups in total. The molecule has 0 radical (unpaired) electrons. The van der Waals surface area contributed by atoms with E-state index in [1.807, 2.05) is 5.32 Å². The molecular formula is C18H13F6N5O2S. The van der Waals surface area contributed by atoms with Crippen LogP contribution in [0.3, 0.4) is 0 Å². The second-order valence-electron chi connectivity index (χ2n) is 6.20. The highest BCUT2D eigenvalue weighted by molar-refractivity contribution is 7.99. The maximum absolute atomic E-state index is 12.9. The number of aromatic nitrogens is 4. The third-order valence-corrected chi connectivity index (χ3v) is 4.88. The van der Waals surface area contributed by atoms with Crippen LogP contribution >= 0.6 is 11.8 Å². The first kappa shape index (κ1) is 23.4. The normalized spacial score (nSPS) is 12.0. The number of nitrogens with one attached hydrogen (secondary N) is 1. The van der Waals surface area contributed by atoms with Gasteiger partial charge >= 0.3 is 12.4 Å². The maximum Gasteiger partial charge on any atom is 0.416 e. The summed E-state index contributed by atoms with van der Waals surface area (Å²) in [4.78, 5) is 12.2. The molecule has 1 aromatic heterocycles. The van der Waals surface area contributed by atoms with Gasteiger partial charge in [-0.2, -0.15) is 31.0 Å². The smallest absolute Gasteiger partial charge is 0.416 e. The number of hydrogen-bond acceptors (Lipinski definition) is 6. The summed E-state index contributed by atoms with van der Waals surface area (Å²) in [5, 5.41) is 13.3. The zero-order valence-corrected chi connectivity index (χ0v) is 16.8. The summed E-state index contributed by atoms with van der Waals surface area (Å²) in [6.07, 6.45) is -10.0. The van der Waals surface area contributed by atoms with Crippen molar-refractivity contribution in [1.29, 1.82) is 0 Å². The summed E-state index contributed by atoms with van der Waals surface area (Å²) in [5.41, 5.74) is -3.14. The van der Waals surface area contributed by atoms with Gasteiger partial charge in [0.1, 0.15) is 5.75 Å². The van der Waals surface area contributed by atoms with Crippen molar-refractivity contribution in [3.05, 3.63) is 53.6 Å². The summed E-state index contributed by atoms with van der Waals surface area (Å²) < 4.78 is 84.0. The van der Waals surface area contributed by atoms with Gasteiger partial charge in [0.05, 0.1) is 29.7 Å². The molecule has 32 heavy (non-hydrogen) atoms. The summed E-state index contributed by atoms with van der Waals surface area (Å²) >= 11 is 0.844. The molecule has 0 aliphatic carbocycles. The zero-order chi connectivity index (χ0) is 23.5. The Kier molecular flexibility index (Phi) is 6.62. The van der Waals surface area contributed by atoms with Crippen molar-refractivity contribution in [1.82, 2.24) is 20.2 Å². The quantitative estimate of drug-likeness (QED) is 0.418. The Bertz CT molecular complexity index is 1070. The average Bonchev–Trinajstić information content (AvgIpc) is 3.19. The Labute approximate surface area is 180 Å². The Morgan fingerprint density at radius 2 is 1.62 bits per heavy atom. The van der Waals surface area contributed by atoms with Crippen LogP contribution in [0.15, 0.2) is 47.6 Å². The topological polar surface area (TPSA) is 81.9 Å². The summed E-state index contributed by atoms with van der Waals surface area (Å²) in [5.74, 6) is -0.616. The van der Waals surface area contributed by atoms with Crippen LogP contribution in [0.5, 0.6) is 5.75 Å². The van der Waals surface area contributed by atoms with Crippen LogP contribution in [-0.4, -0.2) is 39.0 Å². The van der Waals surface area contributed by atoms with Gasteiger partial charge in [0.2, 0.25) is 11.1 Å². The van der Waals surface area contributed by atoms with Gasteiger partial charge < -0.3 is 10.1 Å². The Morgan fingerprint density at radius 1 is 1.03 bits per heavy atom. The van der Waals surface area contributed by atoms with Gasteiger partial charge in [0, 0.05) is 5.69 Å². The fraction of sp³-hybridized carbons (Fsp3) is 0.222. The minimum absolute atomic E-state index is 0.0204. The first-order valence-electron chi connectivity index (χ1n) is 8.62. The summed E-state index contributed by atoms with van der Waals surface area (Å²) in [6, 6.07) is 7.46. The minimum atomic E-state index is -5.02. The fourth-order valence-corrected chi connectivity index (χ4v) is 3.20. The van der Waals surface area contributed by atoms with E-state index in [4.69, 9.17) is 4.74 Å². The first-order valence-corrected chi connectivity index (χ1v) is 9.61. The first-order chi connectivity index (χ1) is 15.0. The lowest BCUT2D eigenvalue weighted by Crippen LogP contribution is -2.17. The van der Waals surface area contributed by atoms with Gasteiger partial charge in [0.15, 0.2) is 0 Å². The van der Waals surface area contributed by atoms with Crippen molar-refractivity contribution in [3.8, 4) is 11.4 Å². The van der Waals surface area contributed by atoms with Gasteiger partial charge in [-0.25, -0.2) is 0 Å². The number of methoxy groups -OCH3 is 1. The second-order valence-corrected chi connectivity index (χ2v) is 7.15. The largest absolute Gasteiger partial charge is 0.497 e. The number of carbonyl (C=O) groups excluding carboxylic acids is 1. The van der Waals surface area contributed by atoms with Crippen molar-refractivity contribution in [3.63, 3.8) is 0 Å². The Hall–Kier alpha value is -3.29. The molecule has 0 fully saturated rings. The number of hydrogen-bond donors (Lipinski definition) is 1. The molecule has 170 valence electrons. The number of amides is 1. The monoisotopic (exact) mass is 477 g/mol. The van der Waals surface area contributed by atoms with Crippen LogP contribution in [-0.2, 0) is 17.1 Å². The minimum Gasteiger partial charge on any atom is -0.497 e. The Morgan fingerprint density at radius 3 is 2.16 bits per heavy atom. The number of nitrogens with zero attached hydrogens (tertiary/aromatic N) is 4. The highest BCUT2D eigenvalue weighted by Crippen LogP contribution is 2.37. The molecule has 0 atom stereocenters. The number of ether oxygens (including phenoxy) is 1. The number of carbonyl (C=O) groups is 1. The number of rotatable bonds is 6. The van der Waals surface area contributed by atoms with E-state index in [0.29, 0.717) is 23.6 Å². The molecule has 1 heterocycles. The average molecular weight is 477 g/mol. The van der Waals surface area contributed by atoms with E-state index in [1.54, 1.807) is 24.3 Å². The van der Waals surface area contributed by atoms with Crippen molar-refractivity contribution in [2.24, 2.45) is 0 Å². The molecule has 0 aliphatic rings. The number of tetrazole rings is 1. The number of thioether (sulfide) groups is 1. The van der Waals surface area contributed by atoms with Crippen LogP contribution in [0.2, 0.25) is 0 Å². The number of alkyl halides is 6. The number of anilines is 1. The molecule has 1 amide bonds.